The van der Waals surface area contributed by atoms with E-state index in [4.69, 9.17) is 11.6 Å². The fourth-order valence-corrected chi connectivity index (χ4v) is 2.30. The third-order valence-electron chi connectivity index (χ3n) is 3.07. The molecule has 0 fully saturated rings. The van der Waals surface area contributed by atoms with Crippen molar-refractivity contribution in [2.45, 2.75) is 19.8 Å². The van der Waals surface area contributed by atoms with Crippen molar-refractivity contribution < 1.29 is 13.6 Å². The maximum absolute atomic E-state index is 13.1. The van der Waals surface area contributed by atoms with Gasteiger partial charge in [0.15, 0.2) is 17.4 Å². The number of aromatic nitrogens is 2. The third kappa shape index (κ3) is 2.72. The van der Waals surface area contributed by atoms with Crippen molar-refractivity contribution in [1.82, 2.24) is 9.78 Å². The highest BCUT2D eigenvalue weighted by Gasteiger charge is 2.18. The van der Waals surface area contributed by atoms with Crippen LogP contribution >= 0.6 is 11.6 Å². The van der Waals surface area contributed by atoms with Gasteiger partial charge in [-0.15, -0.1) is 0 Å². The van der Waals surface area contributed by atoms with E-state index < -0.39 is 11.6 Å². The van der Waals surface area contributed by atoms with E-state index in [-0.39, 0.29) is 17.8 Å². The zero-order chi connectivity index (χ0) is 14.9. The van der Waals surface area contributed by atoms with Gasteiger partial charge in [-0.05, 0) is 24.6 Å². The minimum Gasteiger partial charge on any atom is -0.294 e. The van der Waals surface area contributed by atoms with Crippen molar-refractivity contribution >= 4 is 17.4 Å². The summed E-state index contributed by atoms with van der Waals surface area (Å²) in [6, 6.07) is 3.08. The number of halogens is 3. The largest absolute Gasteiger partial charge is 0.294 e. The lowest BCUT2D eigenvalue weighted by Gasteiger charge is -2.03. The van der Waals surface area contributed by atoms with Crippen molar-refractivity contribution in [2.75, 3.05) is 0 Å². The molecule has 3 nitrogen and oxygen atoms in total. The van der Waals surface area contributed by atoms with Gasteiger partial charge in [-0.1, -0.05) is 18.5 Å². The van der Waals surface area contributed by atoms with E-state index in [2.05, 4.69) is 5.10 Å². The summed E-state index contributed by atoms with van der Waals surface area (Å²) in [6.07, 6.45) is 0.652. The Balaban J connectivity index is 2.28. The second-order valence-corrected chi connectivity index (χ2v) is 4.79. The summed E-state index contributed by atoms with van der Waals surface area (Å²) >= 11 is 6.15. The SMILES string of the molecule is CCc1nn(C)c(CC(=O)c2ccc(F)c(F)c2)c1Cl. The summed E-state index contributed by atoms with van der Waals surface area (Å²) in [7, 11) is 1.69. The van der Waals surface area contributed by atoms with Crippen LogP contribution in [0.15, 0.2) is 18.2 Å². The zero-order valence-electron chi connectivity index (χ0n) is 11.1. The van der Waals surface area contributed by atoms with Gasteiger partial charge in [0.25, 0.3) is 0 Å². The topological polar surface area (TPSA) is 34.9 Å². The molecule has 0 saturated heterocycles. The van der Waals surface area contributed by atoms with Gasteiger partial charge in [0.05, 0.1) is 22.8 Å². The molecule has 20 heavy (non-hydrogen) atoms. The zero-order valence-corrected chi connectivity index (χ0v) is 11.8. The summed E-state index contributed by atoms with van der Waals surface area (Å²) < 4.78 is 27.5. The Kier molecular flexibility index (Phi) is 4.18. The van der Waals surface area contributed by atoms with Crippen LogP contribution in [0, 0.1) is 11.6 Å². The number of hydrogen-bond donors (Lipinski definition) is 0. The molecular weight excluding hydrogens is 286 g/mol. The molecule has 2 rings (SSSR count). The number of hydrogen-bond acceptors (Lipinski definition) is 2. The van der Waals surface area contributed by atoms with Crippen molar-refractivity contribution in [3.05, 3.63) is 51.8 Å². The van der Waals surface area contributed by atoms with E-state index in [9.17, 15) is 13.6 Å². The number of carbonyl (C=O) groups excluding carboxylic acids is 1. The van der Waals surface area contributed by atoms with Gasteiger partial charge in [0.1, 0.15) is 0 Å². The number of carbonyl (C=O) groups is 1. The molecule has 0 atom stereocenters. The molecule has 0 amide bonds. The van der Waals surface area contributed by atoms with Crippen LogP contribution in [0.5, 0.6) is 0 Å². The van der Waals surface area contributed by atoms with E-state index in [1.807, 2.05) is 6.92 Å². The molecule has 0 aliphatic heterocycles. The average molecular weight is 299 g/mol. The number of benzene rings is 1. The highest BCUT2D eigenvalue weighted by molar-refractivity contribution is 6.32. The quantitative estimate of drug-likeness (QED) is 0.812. The Hall–Kier alpha value is -1.75. The fourth-order valence-electron chi connectivity index (χ4n) is 1.94. The van der Waals surface area contributed by atoms with E-state index in [0.29, 0.717) is 22.8 Å². The number of rotatable bonds is 4. The van der Waals surface area contributed by atoms with E-state index in [1.165, 1.54) is 6.07 Å². The van der Waals surface area contributed by atoms with Crippen molar-refractivity contribution in [3.8, 4) is 0 Å². The van der Waals surface area contributed by atoms with Gasteiger partial charge in [-0.25, -0.2) is 8.78 Å². The maximum atomic E-state index is 13.1. The van der Waals surface area contributed by atoms with E-state index in [0.717, 1.165) is 12.1 Å². The van der Waals surface area contributed by atoms with Crippen molar-refractivity contribution in [1.29, 1.82) is 0 Å². The first-order valence-electron chi connectivity index (χ1n) is 6.12. The summed E-state index contributed by atoms with van der Waals surface area (Å²) in [5, 5.41) is 4.66. The van der Waals surface area contributed by atoms with E-state index >= 15 is 0 Å². The minimum atomic E-state index is -1.04. The molecule has 6 heteroatoms. The van der Waals surface area contributed by atoms with Gasteiger partial charge in [-0.3, -0.25) is 9.48 Å². The number of ketones is 1. The van der Waals surface area contributed by atoms with Crippen LogP contribution in [0.25, 0.3) is 0 Å². The monoisotopic (exact) mass is 298 g/mol. The van der Waals surface area contributed by atoms with Crippen LogP contribution < -0.4 is 0 Å². The molecule has 1 aromatic heterocycles. The van der Waals surface area contributed by atoms with Crippen molar-refractivity contribution in [2.24, 2.45) is 7.05 Å². The normalized spacial score (nSPS) is 10.8. The second kappa shape index (κ2) is 5.71. The lowest BCUT2D eigenvalue weighted by atomic mass is 10.1. The van der Waals surface area contributed by atoms with Gasteiger partial charge < -0.3 is 0 Å². The molecular formula is C14H13ClF2N2O. The summed E-state index contributed by atoms with van der Waals surface area (Å²) in [5.74, 6) is -2.36. The number of aryl methyl sites for hydroxylation is 2. The van der Waals surface area contributed by atoms with Crippen LogP contribution in [0.3, 0.4) is 0 Å². The van der Waals surface area contributed by atoms with Crippen LogP contribution in [0.1, 0.15) is 28.7 Å². The highest BCUT2D eigenvalue weighted by atomic mass is 35.5. The first-order valence-corrected chi connectivity index (χ1v) is 6.50. The lowest BCUT2D eigenvalue weighted by molar-refractivity contribution is 0.0990. The highest BCUT2D eigenvalue weighted by Crippen LogP contribution is 2.22. The molecule has 0 unspecified atom stereocenters. The van der Waals surface area contributed by atoms with Gasteiger partial charge in [0, 0.05) is 12.6 Å². The lowest BCUT2D eigenvalue weighted by Crippen LogP contribution is -2.09. The minimum absolute atomic E-state index is 0.00654. The van der Waals surface area contributed by atoms with Crippen LogP contribution in [-0.4, -0.2) is 15.6 Å². The maximum Gasteiger partial charge on any atom is 0.168 e. The molecule has 0 radical (unpaired) electrons. The predicted molar refractivity (Wildman–Crippen MR) is 72.0 cm³/mol. The molecule has 0 saturated carbocycles. The molecule has 106 valence electrons. The molecule has 0 N–H and O–H groups in total. The number of nitrogens with zero attached hydrogens (tertiary/aromatic N) is 2. The van der Waals surface area contributed by atoms with Gasteiger partial charge in [-0.2, -0.15) is 5.10 Å². The van der Waals surface area contributed by atoms with Crippen LogP contribution in [0.2, 0.25) is 5.02 Å². The molecule has 0 spiro atoms. The third-order valence-corrected chi connectivity index (χ3v) is 3.51. The Morgan fingerprint density at radius 1 is 1.35 bits per heavy atom. The van der Waals surface area contributed by atoms with Gasteiger partial charge in [0.2, 0.25) is 0 Å². The predicted octanol–water partition coefficient (Wildman–Crippen LogP) is 3.34. The summed E-state index contributed by atoms with van der Waals surface area (Å²) in [6.45, 7) is 1.91. The smallest absolute Gasteiger partial charge is 0.168 e. The van der Waals surface area contributed by atoms with Gasteiger partial charge >= 0.3 is 0 Å². The fraction of sp³-hybridized carbons (Fsp3) is 0.286. The number of Topliss-reactive ketones (excluding diaryl/α,β-unsaturated/α-hetero) is 1. The first kappa shape index (κ1) is 14.7. The van der Waals surface area contributed by atoms with Crippen LogP contribution in [0.4, 0.5) is 8.78 Å². The molecule has 1 aromatic carbocycles. The summed E-state index contributed by atoms with van der Waals surface area (Å²) in [4.78, 5) is 12.1. The Morgan fingerprint density at radius 3 is 2.60 bits per heavy atom. The molecule has 0 bridgehead atoms. The standard InChI is InChI=1S/C14H13ClF2N2O/c1-3-11-14(15)12(19(2)18-11)7-13(20)8-4-5-9(16)10(17)6-8/h4-6H,3,7H2,1-2H3. The Labute approximate surface area is 120 Å². The van der Waals surface area contributed by atoms with Crippen molar-refractivity contribution in [3.63, 3.8) is 0 Å². The van der Waals surface area contributed by atoms with Crippen LogP contribution in [-0.2, 0) is 19.9 Å². The Bertz CT molecular complexity index is 667. The van der Waals surface area contributed by atoms with E-state index in [1.54, 1.807) is 11.7 Å². The Morgan fingerprint density at radius 2 is 2.05 bits per heavy atom. The molecule has 0 aliphatic rings. The molecule has 1 heterocycles. The molecule has 2 aromatic rings. The second-order valence-electron chi connectivity index (χ2n) is 4.41. The first-order chi connectivity index (χ1) is 9.43. The summed E-state index contributed by atoms with van der Waals surface area (Å²) in [5.41, 5.74) is 1.39. The average Bonchev–Trinajstić information content (AvgIpc) is 2.69. The molecule has 0 aliphatic carbocycles.